The zero-order chi connectivity index (χ0) is 15.4. The quantitative estimate of drug-likeness (QED) is 0.862. The first kappa shape index (κ1) is 14.5. The Morgan fingerprint density at radius 1 is 1.23 bits per heavy atom. The van der Waals surface area contributed by atoms with Gasteiger partial charge in [-0.15, -0.1) is 0 Å². The highest BCUT2D eigenvalue weighted by Crippen LogP contribution is 2.19. The summed E-state index contributed by atoms with van der Waals surface area (Å²) in [5.41, 5.74) is 2.44. The van der Waals surface area contributed by atoms with E-state index in [0.29, 0.717) is 18.2 Å². The third-order valence-electron chi connectivity index (χ3n) is 3.57. The molecule has 22 heavy (non-hydrogen) atoms. The second-order valence-electron chi connectivity index (χ2n) is 5.51. The molecule has 1 aromatic carbocycles. The zero-order valence-corrected chi connectivity index (χ0v) is 12.2. The van der Waals surface area contributed by atoms with Gasteiger partial charge in [0.05, 0.1) is 11.3 Å². The van der Waals surface area contributed by atoms with Gasteiger partial charge in [-0.05, 0) is 43.0 Å². The number of pyridine rings is 1. The highest BCUT2D eigenvalue weighted by atomic mass is 19.1. The van der Waals surface area contributed by atoms with Gasteiger partial charge in [-0.2, -0.15) is 0 Å². The number of nitrogens with one attached hydrogen (secondary N) is 2. The monoisotopic (exact) mass is 299 g/mol. The van der Waals surface area contributed by atoms with Crippen molar-refractivity contribution in [3.63, 3.8) is 0 Å². The van der Waals surface area contributed by atoms with Crippen molar-refractivity contribution in [1.29, 1.82) is 0 Å². The van der Waals surface area contributed by atoms with Gasteiger partial charge in [-0.1, -0.05) is 12.1 Å². The number of anilines is 1. The molecule has 0 aliphatic heterocycles. The maximum atomic E-state index is 12.8. The Balaban J connectivity index is 1.53. The van der Waals surface area contributed by atoms with Crippen LogP contribution in [0, 0.1) is 5.82 Å². The highest BCUT2D eigenvalue weighted by molar-refractivity contribution is 5.95. The van der Waals surface area contributed by atoms with Crippen molar-refractivity contribution in [1.82, 2.24) is 10.3 Å². The van der Waals surface area contributed by atoms with Gasteiger partial charge >= 0.3 is 0 Å². The van der Waals surface area contributed by atoms with E-state index in [1.54, 1.807) is 30.6 Å². The summed E-state index contributed by atoms with van der Waals surface area (Å²) in [5, 5.41) is 6.18. The van der Waals surface area contributed by atoms with Crippen molar-refractivity contribution in [2.75, 3.05) is 11.9 Å². The van der Waals surface area contributed by atoms with Gasteiger partial charge in [-0.25, -0.2) is 4.39 Å². The minimum atomic E-state index is -0.227. The molecule has 0 saturated heterocycles. The molecular weight excluding hydrogens is 281 g/mol. The van der Waals surface area contributed by atoms with Crippen LogP contribution in [0.3, 0.4) is 0 Å². The molecule has 1 aliphatic rings. The van der Waals surface area contributed by atoms with Crippen LogP contribution in [0.2, 0.25) is 0 Å². The van der Waals surface area contributed by atoms with Crippen molar-refractivity contribution in [3.8, 4) is 0 Å². The molecule has 1 heterocycles. The number of benzene rings is 1. The van der Waals surface area contributed by atoms with Crippen LogP contribution < -0.4 is 10.6 Å². The minimum Gasteiger partial charge on any atom is -0.383 e. The van der Waals surface area contributed by atoms with Gasteiger partial charge in [0.25, 0.3) is 5.91 Å². The number of halogens is 1. The lowest BCUT2D eigenvalue weighted by molar-refractivity contribution is 0.0950. The topological polar surface area (TPSA) is 54.0 Å². The molecule has 1 amide bonds. The van der Waals surface area contributed by atoms with Crippen LogP contribution in [0.1, 0.15) is 28.8 Å². The Morgan fingerprint density at radius 2 is 2.00 bits per heavy atom. The molecule has 1 aliphatic carbocycles. The summed E-state index contributed by atoms with van der Waals surface area (Å²) in [6.07, 6.45) is 6.17. The first-order valence-corrected chi connectivity index (χ1v) is 7.45. The fourth-order valence-corrected chi connectivity index (χ4v) is 2.16. The number of aromatic nitrogens is 1. The van der Waals surface area contributed by atoms with Crippen LogP contribution in [-0.2, 0) is 6.42 Å². The number of amides is 1. The normalized spacial score (nSPS) is 13.7. The average Bonchev–Trinajstić information content (AvgIpc) is 3.34. The van der Waals surface area contributed by atoms with E-state index in [1.807, 2.05) is 0 Å². The summed E-state index contributed by atoms with van der Waals surface area (Å²) in [4.78, 5) is 16.1. The van der Waals surface area contributed by atoms with Gasteiger partial charge in [0.2, 0.25) is 0 Å². The molecule has 1 saturated carbocycles. The third-order valence-corrected chi connectivity index (χ3v) is 3.57. The summed E-state index contributed by atoms with van der Waals surface area (Å²) >= 11 is 0. The number of rotatable bonds is 6. The Hall–Kier alpha value is -2.43. The molecule has 1 aromatic heterocycles. The largest absolute Gasteiger partial charge is 0.383 e. The molecule has 0 atom stereocenters. The van der Waals surface area contributed by atoms with E-state index in [9.17, 15) is 9.18 Å². The molecule has 4 nitrogen and oxygen atoms in total. The summed E-state index contributed by atoms with van der Waals surface area (Å²) in [6.45, 7) is 0.695. The Labute approximate surface area is 128 Å². The number of hydrogen-bond donors (Lipinski definition) is 2. The van der Waals surface area contributed by atoms with Crippen LogP contribution in [-0.4, -0.2) is 23.5 Å². The number of nitrogens with zero attached hydrogens (tertiary/aromatic N) is 1. The summed E-state index contributed by atoms with van der Waals surface area (Å²) in [6, 6.07) is 8.60. The van der Waals surface area contributed by atoms with Gasteiger partial charge in [0.15, 0.2) is 0 Å². The maximum Gasteiger partial charge on any atom is 0.253 e. The summed E-state index contributed by atoms with van der Waals surface area (Å²) < 4.78 is 12.8. The molecule has 1 fully saturated rings. The first-order valence-electron chi connectivity index (χ1n) is 7.45. The zero-order valence-electron chi connectivity index (χ0n) is 12.2. The molecule has 3 rings (SSSR count). The van der Waals surface area contributed by atoms with E-state index >= 15 is 0 Å². The molecule has 5 heteroatoms. The summed E-state index contributed by atoms with van der Waals surface area (Å²) in [7, 11) is 0. The second-order valence-corrected chi connectivity index (χ2v) is 5.51. The first-order chi connectivity index (χ1) is 10.7. The molecule has 114 valence electrons. The van der Waals surface area contributed by atoms with E-state index in [0.717, 1.165) is 30.5 Å². The van der Waals surface area contributed by atoms with Crippen molar-refractivity contribution in [2.24, 2.45) is 0 Å². The predicted molar refractivity (Wildman–Crippen MR) is 83.3 cm³/mol. The molecular formula is C17H18FN3O. The third kappa shape index (κ3) is 4.04. The standard InChI is InChI=1S/C17H18FN3O/c18-14-3-1-12(2-4-14)7-8-20-16-9-13(10-19-11-16)17(22)21-15-5-6-15/h1-4,9-11,15,20H,5-8H2,(H,21,22). The van der Waals surface area contributed by atoms with E-state index in [2.05, 4.69) is 15.6 Å². The molecule has 2 aromatic rings. The highest BCUT2D eigenvalue weighted by Gasteiger charge is 2.23. The van der Waals surface area contributed by atoms with Crippen LogP contribution >= 0.6 is 0 Å². The Bertz CT molecular complexity index is 653. The second kappa shape index (κ2) is 6.56. The minimum absolute atomic E-state index is 0.0721. The lowest BCUT2D eigenvalue weighted by Gasteiger charge is -2.08. The van der Waals surface area contributed by atoms with Gasteiger partial charge < -0.3 is 10.6 Å². The van der Waals surface area contributed by atoms with E-state index in [-0.39, 0.29) is 11.7 Å². The van der Waals surface area contributed by atoms with Crippen LogP contribution in [0.15, 0.2) is 42.7 Å². The lowest BCUT2D eigenvalue weighted by atomic mass is 10.1. The lowest BCUT2D eigenvalue weighted by Crippen LogP contribution is -2.25. The smallest absolute Gasteiger partial charge is 0.253 e. The number of carbonyl (C=O) groups excluding carboxylic acids is 1. The fraction of sp³-hybridized carbons (Fsp3) is 0.294. The van der Waals surface area contributed by atoms with Gasteiger partial charge in [0, 0.05) is 25.0 Å². The predicted octanol–water partition coefficient (Wildman–Crippen LogP) is 2.77. The van der Waals surface area contributed by atoms with Crippen LogP contribution in [0.25, 0.3) is 0 Å². The Morgan fingerprint density at radius 3 is 2.73 bits per heavy atom. The SMILES string of the molecule is O=C(NC1CC1)c1cncc(NCCc2ccc(F)cc2)c1. The molecule has 0 unspecified atom stereocenters. The fourth-order valence-electron chi connectivity index (χ4n) is 2.16. The van der Waals surface area contributed by atoms with E-state index in [1.165, 1.54) is 12.1 Å². The summed E-state index contributed by atoms with van der Waals surface area (Å²) in [5.74, 6) is -0.299. The Kier molecular flexibility index (Phi) is 4.32. The maximum absolute atomic E-state index is 12.8. The van der Waals surface area contributed by atoms with E-state index < -0.39 is 0 Å². The number of hydrogen-bond acceptors (Lipinski definition) is 3. The van der Waals surface area contributed by atoms with Gasteiger partial charge in [-0.3, -0.25) is 9.78 Å². The van der Waals surface area contributed by atoms with Crippen molar-refractivity contribution in [2.45, 2.75) is 25.3 Å². The number of carbonyl (C=O) groups is 1. The molecule has 0 radical (unpaired) electrons. The van der Waals surface area contributed by atoms with Crippen LogP contribution in [0.4, 0.5) is 10.1 Å². The molecule has 0 spiro atoms. The molecule has 2 N–H and O–H groups in total. The molecule has 0 bridgehead atoms. The van der Waals surface area contributed by atoms with Gasteiger partial charge in [0.1, 0.15) is 5.82 Å². The van der Waals surface area contributed by atoms with Crippen molar-refractivity contribution in [3.05, 3.63) is 59.7 Å². The van der Waals surface area contributed by atoms with Crippen LogP contribution in [0.5, 0.6) is 0 Å². The average molecular weight is 299 g/mol. The van der Waals surface area contributed by atoms with E-state index in [4.69, 9.17) is 0 Å². The van der Waals surface area contributed by atoms with Crippen molar-refractivity contribution >= 4 is 11.6 Å². The van der Waals surface area contributed by atoms with Crippen molar-refractivity contribution < 1.29 is 9.18 Å².